The molecule has 3 aromatic rings. The van der Waals surface area contributed by atoms with Crippen LogP contribution in [0.15, 0.2) is 103 Å². The van der Waals surface area contributed by atoms with Gasteiger partial charge in [0.15, 0.2) is 0 Å². The van der Waals surface area contributed by atoms with Gasteiger partial charge in [-0.1, -0.05) is 151 Å². The normalized spacial score (nSPS) is 13.0. The van der Waals surface area contributed by atoms with Crippen molar-refractivity contribution in [3.63, 3.8) is 0 Å². The predicted molar refractivity (Wildman–Crippen MR) is 172 cm³/mol. The monoisotopic (exact) mass is 558 g/mol. The van der Waals surface area contributed by atoms with Gasteiger partial charge in [0.25, 0.3) is 8.32 Å². The molecule has 216 valence electrons. The molecule has 0 radical (unpaired) electrons. The van der Waals surface area contributed by atoms with E-state index < -0.39 is 8.32 Å². The van der Waals surface area contributed by atoms with E-state index in [0.717, 1.165) is 12.0 Å². The molecule has 0 bridgehead atoms. The Morgan fingerprint density at radius 1 is 0.700 bits per heavy atom. The minimum absolute atomic E-state index is 0.0857. The van der Waals surface area contributed by atoms with Gasteiger partial charge in [-0.2, -0.15) is 0 Å². The average molecular weight is 559 g/mol. The smallest absolute Gasteiger partial charge is 0.261 e. The molecule has 0 saturated heterocycles. The lowest BCUT2D eigenvalue weighted by Gasteiger charge is -2.43. The predicted octanol–water partition coefficient (Wildman–Crippen LogP) is 8.43. The lowest BCUT2D eigenvalue weighted by molar-refractivity contribution is -0.0282. The summed E-state index contributed by atoms with van der Waals surface area (Å²) in [7, 11) is -2.65. The summed E-state index contributed by atoms with van der Waals surface area (Å²) in [6, 6.07) is 31.9. The number of hydrogen-bond donors (Lipinski definition) is 0. The summed E-state index contributed by atoms with van der Waals surface area (Å²) in [4.78, 5) is 0. The zero-order valence-corrected chi connectivity index (χ0v) is 26.2. The van der Waals surface area contributed by atoms with Crippen molar-refractivity contribution in [3.8, 4) is 0 Å². The summed E-state index contributed by atoms with van der Waals surface area (Å²) in [5, 5.41) is 2.46. The van der Waals surface area contributed by atoms with Crippen molar-refractivity contribution in [2.75, 3.05) is 13.2 Å². The van der Waals surface area contributed by atoms with Crippen LogP contribution in [0.2, 0.25) is 5.04 Å². The molecular formula is C36H50O3Si. The number of rotatable bonds is 18. The van der Waals surface area contributed by atoms with Crippen molar-refractivity contribution in [2.24, 2.45) is 0 Å². The first-order valence-electron chi connectivity index (χ1n) is 15.1. The van der Waals surface area contributed by atoms with Gasteiger partial charge in [-0.05, 0) is 39.9 Å². The molecule has 0 aliphatic carbocycles. The molecule has 3 nitrogen and oxygen atoms in total. The zero-order chi connectivity index (χ0) is 28.5. The third kappa shape index (κ3) is 9.76. The maximum absolute atomic E-state index is 7.17. The van der Waals surface area contributed by atoms with Gasteiger partial charge in [-0.25, -0.2) is 0 Å². The highest BCUT2D eigenvalue weighted by Gasteiger charge is 2.50. The van der Waals surface area contributed by atoms with Crippen molar-refractivity contribution < 1.29 is 13.9 Å². The highest BCUT2D eigenvalue weighted by molar-refractivity contribution is 6.99. The molecule has 4 heteroatoms. The summed E-state index contributed by atoms with van der Waals surface area (Å²) < 4.78 is 19.6. The van der Waals surface area contributed by atoms with Crippen LogP contribution in [0.25, 0.3) is 0 Å². The molecule has 0 amide bonds. The molecule has 0 aliphatic rings. The van der Waals surface area contributed by atoms with Crippen molar-refractivity contribution >= 4 is 18.7 Å². The Balaban J connectivity index is 1.72. The highest BCUT2D eigenvalue weighted by Crippen LogP contribution is 2.37. The fourth-order valence-electron chi connectivity index (χ4n) is 5.25. The van der Waals surface area contributed by atoms with Gasteiger partial charge in [0.1, 0.15) is 12.7 Å². The second kappa shape index (κ2) is 17.2. The van der Waals surface area contributed by atoms with Crippen LogP contribution in [0.5, 0.6) is 0 Å². The Labute approximate surface area is 244 Å². The van der Waals surface area contributed by atoms with E-state index in [9.17, 15) is 0 Å². The largest absolute Gasteiger partial charge is 0.499 e. The van der Waals surface area contributed by atoms with Crippen molar-refractivity contribution in [2.45, 2.75) is 90.4 Å². The number of ether oxygens (including phenoxy) is 2. The van der Waals surface area contributed by atoms with Crippen LogP contribution in [0, 0.1) is 0 Å². The van der Waals surface area contributed by atoms with Gasteiger partial charge >= 0.3 is 0 Å². The lowest BCUT2D eigenvalue weighted by atomic mass is 10.1. The summed E-state index contributed by atoms with van der Waals surface area (Å²) in [6.45, 7) is 10.6. The van der Waals surface area contributed by atoms with Crippen LogP contribution in [-0.4, -0.2) is 27.6 Å². The van der Waals surface area contributed by atoms with Crippen molar-refractivity contribution in [3.05, 3.63) is 109 Å². The Morgan fingerprint density at radius 2 is 1.25 bits per heavy atom. The number of benzene rings is 3. The van der Waals surface area contributed by atoms with Crippen LogP contribution in [0.1, 0.15) is 78.2 Å². The molecule has 0 aliphatic heterocycles. The van der Waals surface area contributed by atoms with E-state index in [2.05, 4.69) is 107 Å². The van der Waals surface area contributed by atoms with Crippen LogP contribution in [0.3, 0.4) is 0 Å². The fourth-order valence-corrected chi connectivity index (χ4v) is 9.85. The number of hydrogen-bond acceptors (Lipinski definition) is 3. The number of allylic oxidation sites excluding steroid dienone is 1. The standard InChI is InChI=1S/C36H50O3Si/c1-5-6-7-8-9-10-11-21-28-37-30-33(38-29-32-22-15-12-16-23-32)31-39-40(36(2,3)4,34-24-17-13-18-25-34)35-26-19-14-20-27-35/h12-28,33H,5-11,29-31H2,1-4H3/b28-21+. The Hall–Kier alpha value is -2.66. The van der Waals surface area contributed by atoms with Crippen molar-refractivity contribution in [1.29, 1.82) is 0 Å². The fraction of sp³-hybridized carbons (Fsp3) is 0.444. The van der Waals surface area contributed by atoms with E-state index in [0.29, 0.717) is 19.8 Å². The first kappa shape index (κ1) is 31.9. The zero-order valence-electron chi connectivity index (χ0n) is 25.2. The first-order chi connectivity index (χ1) is 19.5. The third-order valence-electron chi connectivity index (χ3n) is 7.43. The molecule has 0 aromatic heterocycles. The van der Waals surface area contributed by atoms with Gasteiger partial charge in [-0.3, -0.25) is 0 Å². The molecule has 0 spiro atoms. The molecule has 0 heterocycles. The van der Waals surface area contributed by atoms with E-state index in [4.69, 9.17) is 13.9 Å². The summed E-state index contributed by atoms with van der Waals surface area (Å²) in [5.41, 5.74) is 1.15. The van der Waals surface area contributed by atoms with Crippen LogP contribution in [0.4, 0.5) is 0 Å². The molecule has 3 aromatic carbocycles. The molecule has 0 fully saturated rings. The maximum Gasteiger partial charge on any atom is 0.261 e. The Bertz CT molecular complexity index is 1040. The van der Waals surface area contributed by atoms with Crippen LogP contribution >= 0.6 is 0 Å². The maximum atomic E-state index is 7.17. The topological polar surface area (TPSA) is 27.7 Å². The van der Waals surface area contributed by atoms with E-state index in [-0.39, 0.29) is 11.1 Å². The Kier molecular flexibility index (Phi) is 13.7. The quantitative estimate of drug-likeness (QED) is 0.0891. The minimum atomic E-state index is -2.65. The first-order valence-corrected chi connectivity index (χ1v) is 17.1. The Morgan fingerprint density at radius 3 is 1.82 bits per heavy atom. The molecule has 3 rings (SSSR count). The van der Waals surface area contributed by atoms with Gasteiger partial charge in [-0.15, -0.1) is 0 Å². The third-order valence-corrected chi connectivity index (χ3v) is 12.4. The summed E-state index contributed by atoms with van der Waals surface area (Å²) in [5.74, 6) is 0. The van der Waals surface area contributed by atoms with E-state index in [1.807, 2.05) is 24.5 Å². The average Bonchev–Trinajstić information content (AvgIpc) is 2.97. The molecular weight excluding hydrogens is 508 g/mol. The second-order valence-corrected chi connectivity index (χ2v) is 16.0. The lowest BCUT2D eigenvalue weighted by Crippen LogP contribution is -2.67. The molecule has 1 unspecified atom stereocenters. The second-order valence-electron chi connectivity index (χ2n) is 11.7. The van der Waals surface area contributed by atoms with Gasteiger partial charge in [0.2, 0.25) is 0 Å². The van der Waals surface area contributed by atoms with E-state index in [1.54, 1.807) is 0 Å². The van der Waals surface area contributed by atoms with Gasteiger partial charge < -0.3 is 13.9 Å². The molecule has 40 heavy (non-hydrogen) atoms. The minimum Gasteiger partial charge on any atom is -0.499 e. The van der Waals surface area contributed by atoms with Crippen LogP contribution in [-0.2, 0) is 20.5 Å². The summed E-state index contributed by atoms with van der Waals surface area (Å²) in [6.07, 6.45) is 12.7. The van der Waals surface area contributed by atoms with Crippen LogP contribution < -0.4 is 10.4 Å². The number of unbranched alkanes of at least 4 members (excludes halogenated alkanes) is 6. The van der Waals surface area contributed by atoms with E-state index >= 15 is 0 Å². The molecule has 0 N–H and O–H groups in total. The summed E-state index contributed by atoms with van der Waals surface area (Å²) >= 11 is 0. The van der Waals surface area contributed by atoms with Crippen molar-refractivity contribution in [1.82, 2.24) is 0 Å². The molecule has 0 saturated carbocycles. The highest BCUT2D eigenvalue weighted by atomic mass is 28.4. The SMILES string of the molecule is CCCCCCCC/C=C/OCC(CO[Si](c1ccccc1)(c1ccccc1)C(C)(C)C)OCc1ccccc1. The van der Waals surface area contributed by atoms with E-state index in [1.165, 1.54) is 48.9 Å². The molecule has 1 atom stereocenters. The van der Waals surface area contributed by atoms with Gasteiger partial charge in [0, 0.05) is 0 Å². The van der Waals surface area contributed by atoms with Gasteiger partial charge in [0.05, 0.1) is 19.5 Å².